The Morgan fingerprint density at radius 1 is 1.11 bits per heavy atom. The van der Waals surface area contributed by atoms with Gasteiger partial charge in [-0.25, -0.2) is 0 Å². The molecule has 0 radical (unpaired) electrons. The quantitative estimate of drug-likeness (QED) is 0.484. The molecule has 0 saturated carbocycles. The van der Waals surface area contributed by atoms with Crippen LogP contribution in [-0.2, 0) is 0 Å². The normalized spacial score (nSPS) is 14.5. The van der Waals surface area contributed by atoms with Crippen molar-refractivity contribution in [1.82, 2.24) is 0 Å². The molecule has 1 aliphatic heterocycles. The van der Waals surface area contributed by atoms with E-state index >= 15 is 0 Å². The summed E-state index contributed by atoms with van der Waals surface area (Å²) in [5.41, 5.74) is 8.00. The maximum absolute atomic E-state index is 12.8. The van der Waals surface area contributed by atoms with E-state index in [1.165, 1.54) is 6.08 Å². The third kappa shape index (κ3) is 3.82. The number of carbonyl (C=O) groups excluding carboxylic acids is 1. The summed E-state index contributed by atoms with van der Waals surface area (Å²) in [7, 11) is 3.16. The fourth-order valence-corrected chi connectivity index (χ4v) is 2.92. The van der Waals surface area contributed by atoms with E-state index in [9.17, 15) is 4.79 Å². The molecule has 5 heteroatoms. The second-order valence-electron chi connectivity index (χ2n) is 6.80. The van der Waals surface area contributed by atoms with Crippen LogP contribution in [0.3, 0.4) is 0 Å². The lowest BCUT2D eigenvalue weighted by molar-refractivity contribution is 0.103. The Balaban J connectivity index is 1.94. The zero-order chi connectivity index (χ0) is 19.6. The van der Waals surface area contributed by atoms with Gasteiger partial charge in [0.2, 0.25) is 0 Å². The smallest absolute Gasteiger partial charge is 0.189 e. The van der Waals surface area contributed by atoms with Crippen LogP contribution in [0.5, 0.6) is 17.2 Å². The van der Waals surface area contributed by atoms with Crippen molar-refractivity contribution < 1.29 is 19.0 Å². The lowest BCUT2D eigenvalue weighted by atomic mass is 9.97. The minimum absolute atomic E-state index is 0.158. The lowest BCUT2D eigenvalue weighted by Gasteiger charge is -2.29. The van der Waals surface area contributed by atoms with Gasteiger partial charge in [-0.1, -0.05) is 12.1 Å². The van der Waals surface area contributed by atoms with E-state index in [1.54, 1.807) is 44.6 Å². The summed E-state index contributed by atoms with van der Waals surface area (Å²) in [6, 6.07) is 8.86. The number of hydrogen-bond donors (Lipinski definition) is 1. The molecule has 0 saturated heterocycles. The van der Waals surface area contributed by atoms with Crippen LogP contribution in [0.1, 0.15) is 35.3 Å². The predicted octanol–water partition coefficient (Wildman–Crippen LogP) is 4.37. The number of allylic oxidation sites excluding steroid dienone is 1. The van der Waals surface area contributed by atoms with Crippen LogP contribution >= 0.6 is 0 Å². The number of nitrogen functional groups attached to an aromatic ring is 1. The molecule has 1 heterocycles. The predicted molar refractivity (Wildman–Crippen MR) is 108 cm³/mol. The molecule has 3 rings (SSSR count). The Kier molecular flexibility index (Phi) is 4.95. The van der Waals surface area contributed by atoms with E-state index in [1.807, 2.05) is 32.1 Å². The average Bonchev–Trinajstić information content (AvgIpc) is 2.64. The zero-order valence-corrected chi connectivity index (χ0v) is 15.9. The van der Waals surface area contributed by atoms with Crippen molar-refractivity contribution >= 4 is 23.6 Å². The summed E-state index contributed by atoms with van der Waals surface area (Å²) in [6.45, 7) is 3.88. The third-order valence-corrected chi connectivity index (χ3v) is 4.34. The molecule has 0 aliphatic carbocycles. The van der Waals surface area contributed by atoms with Gasteiger partial charge in [0, 0.05) is 0 Å². The van der Waals surface area contributed by atoms with Crippen LogP contribution in [0.25, 0.3) is 12.2 Å². The minimum atomic E-state index is -0.497. The second kappa shape index (κ2) is 7.19. The van der Waals surface area contributed by atoms with Crippen molar-refractivity contribution in [3.63, 3.8) is 0 Å². The molecule has 2 aromatic rings. The van der Waals surface area contributed by atoms with E-state index in [0.717, 1.165) is 11.1 Å². The highest BCUT2D eigenvalue weighted by atomic mass is 16.5. The molecule has 2 N–H and O–H groups in total. The maximum Gasteiger partial charge on any atom is 0.189 e. The van der Waals surface area contributed by atoms with Crippen molar-refractivity contribution in [2.75, 3.05) is 20.0 Å². The van der Waals surface area contributed by atoms with Gasteiger partial charge in [0.1, 0.15) is 22.8 Å². The van der Waals surface area contributed by atoms with Crippen molar-refractivity contribution in [2.45, 2.75) is 19.4 Å². The van der Waals surface area contributed by atoms with E-state index in [2.05, 4.69) is 0 Å². The molecular weight excluding hydrogens is 342 g/mol. The van der Waals surface area contributed by atoms with Gasteiger partial charge in [-0.2, -0.15) is 0 Å². The summed E-state index contributed by atoms with van der Waals surface area (Å²) < 4.78 is 16.6. The average molecular weight is 365 g/mol. The molecule has 0 bridgehead atoms. The molecule has 5 nitrogen and oxygen atoms in total. The van der Waals surface area contributed by atoms with Gasteiger partial charge in [0.15, 0.2) is 5.78 Å². The zero-order valence-electron chi connectivity index (χ0n) is 15.9. The Labute approximate surface area is 159 Å². The first-order valence-electron chi connectivity index (χ1n) is 8.60. The summed E-state index contributed by atoms with van der Waals surface area (Å²) in [6.07, 6.45) is 7.11. The number of fused-ring (bicyclic) bond motifs is 1. The highest BCUT2D eigenvalue weighted by Crippen LogP contribution is 2.40. The van der Waals surface area contributed by atoms with Gasteiger partial charge in [0.05, 0.1) is 31.0 Å². The Bertz CT molecular complexity index is 942. The number of ketones is 1. The van der Waals surface area contributed by atoms with Gasteiger partial charge in [-0.05, 0) is 61.9 Å². The van der Waals surface area contributed by atoms with Crippen LogP contribution in [0.2, 0.25) is 0 Å². The fourth-order valence-electron chi connectivity index (χ4n) is 2.92. The standard InChI is InChI=1S/C22H23NO4/c1-22(2)12-11-16-19(25-3)10-7-15(21(16)27-22)18(24)8-5-14-6-9-20(26-4)17(23)13-14/h5-13H,23H2,1-4H3. The van der Waals surface area contributed by atoms with Crippen molar-refractivity contribution in [3.8, 4) is 17.2 Å². The van der Waals surface area contributed by atoms with Crippen molar-refractivity contribution in [1.29, 1.82) is 0 Å². The number of anilines is 1. The highest BCUT2D eigenvalue weighted by Gasteiger charge is 2.27. The number of ether oxygens (including phenoxy) is 3. The van der Waals surface area contributed by atoms with Gasteiger partial charge in [-0.3, -0.25) is 4.79 Å². The molecule has 0 unspecified atom stereocenters. The Morgan fingerprint density at radius 3 is 2.48 bits per heavy atom. The Morgan fingerprint density at radius 2 is 1.81 bits per heavy atom. The minimum Gasteiger partial charge on any atom is -0.496 e. The number of benzene rings is 2. The number of nitrogens with two attached hydrogens (primary N) is 1. The highest BCUT2D eigenvalue weighted by molar-refractivity contribution is 6.09. The van der Waals surface area contributed by atoms with E-state index in [0.29, 0.717) is 28.5 Å². The molecule has 0 amide bonds. The number of rotatable bonds is 5. The van der Waals surface area contributed by atoms with Crippen LogP contribution < -0.4 is 19.9 Å². The molecule has 140 valence electrons. The molecular formula is C22H23NO4. The van der Waals surface area contributed by atoms with Gasteiger partial charge in [-0.15, -0.1) is 0 Å². The Hall–Kier alpha value is -3.21. The fraction of sp³-hybridized carbons (Fsp3) is 0.227. The largest absolute Gasteiger partial charge is 0.496 e. The summed E-state index contributed by atoms with van der Waals surface area (Å²) >= 11 is 0. The first kappa shape index (κ1) is 18.6. The first-order chi connectivity index (χ1) is 12.8. The molecule has 0 aromatic heterocycles. The SMILES string of the molecule is COc1ccc(C=CC(=O)c2ccc(OC)c3c2OC(C)(C)C=C3)cc1N. The van der Waals surface area contributed by atoms with Crippen LogP contribution in [-0.4, -0.2) is 25.6 Å². The van der Waals surface area contributed by atoms with Crippen LogP contribution in [0.4, 0.5) is 5.69 Å². The maximum atomic E-state index is 12.8. The van der Waals surface area contributed by atoms with Crippen molar-refractivity contribution in [3.05, 3.63) is 59.2 Å². The van der Waals surface area contributed by atoms with E-state index < -0.39 is 5.60 Å². The number of hydrogen-bond acceptors (Lipinski definition) is 5. The van der Waals surface area contributed by atoms with Crippen LogP contribution in [0, 0.1) is 0 Å². The number of methoxy groups -OCH3 is 2. The lowest BCUT2D eigenvalue weighted by Crippen LogP contribution is -2.28. The molecule has 1 aliphatic rings. The topological polar surface area (TPSA) is 70.8 Å². The molecule has 2 aromatic carbocycles. The summed E-state index contributed by atoms with van der Waals surface area (Å²) in [5.74, 6) is 1.64. The third-order valence-electron chi connectivity index (χ3n) is 4.34. The second-order valence-corrected chi connectivity index (χ2v) is 6.80. The summed E-state index contributed by atoms with van der Waals surface area (Å²) in [4.78, 5) is 12.8. The van der Waals surface area contributed by atoms with E-state index in [4.69, 9.17) is 19.9 Å². The van der Waals surface area contributed by atoms with E-state index in [-0.39, 0.29) is 5.78 Å². The molecule has 0 atom stereocenters. The van der Waals surface area contributed by atoms with Crippen LogP contribution in [0.15, 0.2) is 42.5 Å². The molecule has 27 heavy (non-hydrogen) atoms. The first-order valence-corrected chi connectivity index (χ1v) is 8.60. The molecule has 0 fully saturated rings. The van der Waals surface area contributed by atoms with Crippen molar-refractivity contribution in [2.24, 2.45) is 0 Å². The molecule has 0 spiro atoms. The van der Waals surface area contributed by atoms with Gasteiger partial charge in [0.25, 0.3) is 0 Å². The monoisotopic (exact) mass is 365 g/mol. The van der Waals surface area contributed by atoms with Gasteiger partial charge < -0.3 is 19.9 Å². The van der Waals surface area contributed by atoms with Gasteiger partial charge >= 0.3 is 0 Å². The summed E-state index contributed by atoms with van der Waals surface area (Å²) in [5, 5.41) is 0. The number of carbonyl (C=O) groups is 1.